The molecule has 0 aliphatic rings. The summed E-state index contributed by atoms with van der Waals surface area (Å²) < 4.78 is 13.0. The van der Waals surface area contributed by atoms with Crippen molar-refractivity contribution in [3.63, 3.8) is 0 Å². The molecule has 0 saturated heterocycles. The second kappa shape index (κ2) is 5.55. The second-order valence-corrected chi connectivity index (χ2v) is 3.68. The molecule has 9 heteroatoms. The Hall–Kier alpha value is -1.74. The molecule has 0 fully saturated rings. The lowest BCUT2D eigenvalue weighted by Gasteiger charge is -2.06. The van der Waals surface area contributed by atoms with Gasteiger partial charge in [-0.1, -0.05) is 0 Å². The predicted molar refractivity (Wildman–Crippen MR) is 58.0 cm³/mol. The molecular weight excluding hydrogens is 303 g/mol. The third-order valence-corrected chi connectivity index (χ3v) is 2.22. The Kier molecular flexibility index (Phi) is 4.35. The molecule has 0 spiro atoms. The van der Waals surface area contributed by atoms with Gasteiger partial charge in [-0.05, 0) is 22.0 Å². The van der Waals surface area contributed by atoms with E-state index in [1.165, 1.54) is 0 Å². The van der Waals surface area contributed by atoms with Crippen LogP contribution in [-0.4, -0.2) is 22.6 Å². The number of halogens is 2. The Bertz CT molecular complexity index is 467. The molecule has 0 aromatic heterocycles. The number of benzene rings is 1. The number of hydrogen-bond acceptors (Lipinski definition) is 5. The molecule has 0 heterocycles. The van der Waals surface area contributed by atoms with Gasteiger partial charge >= 0.3 is 5.97 Å². The van der Waals surface area contributed by atoms with Gasteiger partial charge in [0.1, 0.15) is 11.5 Å². The lowest BCUT2D eigenvalue weighted by atomic mass is 10.2. The molecule has 1 aromatic carbocycles. The van der Waals surface area contributed by atoms with E-state index in [0.717, 1.165) is 6.07 Å². The molecule has 17 heavy (non-hydrogen) atoms. The van der Waals surface area contributed by atoms with E-state index in [1.54, 1.807) is 0 Å². The molecule has 0 aliphatic carbocycles. The first-order valence-corrected chi connectivity index (χ1v) is 4.94. The smallest absolute Gasteiger partial charge is 0.332 e. The normalized spacial score (nSPS) is 10.0. The maximum atomic E-state index is 13.1. The summed E-state index contributed by atoms with van der Waals surface area (Å²) in [5, 5.41) is 18.9. The number of nitrogens with zero attached hydrogens (tertiary/aromatic N) is 1. The summed E-state index contributed by atoms with van der Waals surface area (Å²) >= 11 is 2.84. The van der Waals surface area contributed by atoms with Crippen LogP contribution in [0.3, 0.4) is 0 Å². The summed E-state index contributed by atoms with van der Waals surface area (Å²) in [7, 11) is 0. The zero-order valence-electron chi connectivity index (χ0n) is 8.15. The molecule has 7 nitrogen and oxygen atoms in total. The van der Waals surface area contributed by atoms with E-state index >= 15 is 0 Å². The van der Waals surface area contributed by atoms with Crippen LogP contribution in [0.1, 0.15) is 0 Å². The van der Waals surface area contributed by atoms with Gasteiger partial charge < -0.3 is 5.11 Å². The monoisotopic (exact) mass is 308 g/mol. The summed E-state index contributed by atoms with van der Waals surface area (Å²) in [6.07, 6.45) is 0. The quantitative estimate of drug-likeness (QED) is 0.636. The van der Waals surface area contributed by atoms with Crippen molar-refractivity contribution in [2.45, 2.75) is 0 Å². The zero-order chi connectivity index (χ0) is 13.0. The lowest BCUT2D eigenvalue weighted by Crippen LogP contribution is -2.12. The fourth-order valence-corrected chi connectivity index (χ4v) is 1.29. The van der Waals surface area contributed by atoms with Crippen LogP contribution < -0.4 is 5.48 Å². The fourth-order valence-electron chi connectivity index (χ4n) is 0.945. The van der Waals surface area contributed by atoms with Crippen molar-refractivity contribution >= 4 is 33.3 Å². The van der Waals surface area contributed by atoms with Crippen molar-refractivity contribution < 1.29 is 24.1 Å². The Balaban J connectivity index is 2.92. The topological polar surface area (TPSA) is 102 Å². The van der Waals surface area contributed by atoms with Gasteiger partial charge in [-0.15, -0.1) is 0 Å². The molecule has 0 aliphatic heterocycles. The minimum atomic E-state index is -1.25. The number of rotatable bonds is 5. The number of aliphatic carboxylic acids is 1. The summed E-state index contributed by atoms with van der Waals surface area (Å²) in [6, 6.07) is 1.77. The molecule has 0 amide bonds. The van der Waals surface area contributed by atoms with Crippen LogP contribution in [0.5, 0.6) is 0 Å². The highest BCUT2D eigenvalue weighted by atomic mass is 79.9. The molecule has 0 atom stereocenters. The zero-order valence-corrected chi connectivity index (χ0v) is 9.73. The first-order chi connectivity index (χ1) is 7.91. The fraction of sp³-hybridized carbons (Fsp3) is 0.125. The van der Waals surface area contributed by atoms with Crippen LogP contribution in [0, 0.1) is 15.9 Å². The van der Waals surface area contributed by atoms with Gasteiger partial charge in [-0.2, -0.15) is 0 Å². The Morgan fingerprint density at radius 1 is 1.65 bits per heavy atom. The highest BCUT2D eigenvalue weighted by molar-refractivity contribution is 9.10. The Labute approximate surface area is 102 Å². The average molecular weight is 309 g/mol. The van der Waals surface area contributed by atoms with E-state index in [0.29, 0.717) is 6.07 Å². The Morgan fingerprint density at radius 3 is 2.82 bits per heavy atom. The first-order valence-electron chi connectivity index (χ1n) is 4.15. The van der Waals surface area contributed by atoms with Gasteiger partial charge in [-0.3, -0.25) is 20.4 Å². The van der Waals surface area contributed by atoms with Gasteiger partial charge in [-0.25, -0.2) is 9.18 Å². The van der Waals surface area contributed by atoms with Crippen LogP contribution >= 0.6 is 15.9 Å². The summed E-state index contributed by atoms with van der Waals surface area (Å²) in [5.74, 6) is -2.05. The highest BCUT2D eigenvalue weighted by Gasteiger charge is 2.18. The van der Waals surface area contributed by atoms with Gasteiger partial charge in [0.2, 0.25) is 0 Å². The SMILES string of the molecule is O=C(O)CONc1cc(Br)c(F)cc1[N+](=O)[O-]. The van der Waals surface area contributed by atoms with Crippen LogP contribution in [0.25, 0.3) is 0 Å². The standard InChI is InChI=1S/C8H6BrFN2O5/c9-4-1-6(11-17-3-8(13)14)7(12(15)16)2-5(4)10/h1-2,11H,3H2,(H,13,14). The van der Waals surface area contributed by atoms with E-state index in [2.05, 4.69) is 26.2 Å². The first kappa shape index (κ1) is 13.3. The summed E-state index contributed by atoms with van der Waals surface area (Å²) in [6.45, 7) is -0.688. The maximum absolute atomic E-state index is 13.1. The summed E-state index contributed by atoms with van der Waals surface area (Å²) in [4.78, 5) is 24.4. The maximum Gasteiger partial charge on any atom is 0.332 e. The third-order valence-electron chi connectivity index (χ3n) is 1.61. The minimum absolute atomic E-state index is 0.00970. The molecule has 1 rings (SSSR count). The molecule has 0 radical (unpaired) electrons. The van der Waals surface area contributed by atoms with Crippen LogP contribution in [0.15, 0.2) is 16.6 Å². The van der Waals surface area contributed by atoms with E-state index in [-0.39, 0.29) is 10.2 Å². The van der Waals surface area contributed by atoms with Crippen molar-refractivity contribution in [3.8, 4) is 0 Å². The number of hydrogen-bond donors (Lipinski definition) is 2. The molecule has 0 unspecified atom stereocenters. The lowest BCUT2D eigenvalue weighted by molar-refractivity contribution is -0.384. The van der Waals surface area contributed by atoms with E-state index in [9.17, 15) is 19.3 Å². The summed E-state index contributed by atoms with van der Waals surface area (Å²) in [5.41, 5.74) is 1.37. The highest BCUT2D eigenvalue weighted by Crippen LogP contribution is 2.30. The molecule has 0 saturated carbocycles. The van der Waals surface area contributed by atoms with Gasteiger partial charge in [0.25, 0.3) is 5.69 Å². The second-order valence-electron chi connectivity index (χ2n) is 2.83. The van der Waals surface area contributed by atoms with Crippen LogP contribution in [0.2, 0.25) is 0 Å². The minimum Gasteiger partial charge on any atom is -0.479 e. The number of carbonyl (C=O) groups is 1. The Morgan fingerprint density at radius 2 is 2.29 bits per heavy atom. The van der Waals surface area contributed by atoms with E-state index in [1.807, 2.05) is 0 Å². The average Bonchev–Trinajstić information content (AvgIpc) is 2.22. The molecule has 1 aromatic rings. The van der Waals surface area contributed by atoms with Crippen LogP contribution in [-0.2, 0) is 9.63 Å². The van der Waals surface area contributed by atoms with Crippen molar-refractivity contribution in [2.24, 2.45) is 0 Å². The van der Waals surface area contributed by atoms with Crippen LogP contribution in [0.4, 0.5) is 15.8 Å². The van der Waals surface area contributed by atoms with Crippen molar-refractivity contribution in [2.75, 3.05) is 12.1 Å². The van der Waals surface area contributed by atoms with Gasteiger partial charge in [0.15, 0.2) is 6.61 Å². The van der Waals surface area contributed by atoms with Crippen molar-refractivity contribution in [1.29, 1.82) is 0 Å². The van der Waals surface area contributed by atoms with Gasteiger partial charge in [0.05, 0.1) is 15.5 Å². The van der Waals surface area contributed by atoms with Crippen molar-refractivity contribution in [3.05, 3.63) is 32.5 Å². The van der Waals surface area contributed by atoms with E-state index < -0.39 is 29.0 Å². The molecule has 0 bridgehead atoms. The van der Waals surface area contributed by atoms with Crippen molar-refractivity contribution in [1.82, 2.24) is 0 Å². The molecule has 92 valence electrons. The third kappa shape index (κ3) is 3.64. The number of carboxylic acids is 1. The number of carboxylic acid groups (broad SMARTS) is 1. The van der Waals surface area contributed by atoms with E-state index in [4.69, 9.17) is 5.11 Å². The number of nitrogens with one attached hydrogen (secondary N) is 1. The predicted octanol–water partition coefficient (Wildman–Crippen LogP) is 1.92. The molecular formula is C8H6BrFN2O5. The molecule has 2 N–H and O–H groups in total. The number of anilines is 1. The number of nitro benzene ring substituents is 1. The number of nitro groups is 1. The largest absolute Gasteiger partial charge is 0.479 e. The van der Waals surface area contributed by atoms with Gasteiger partial charge in [0, 0.05) is 0 Å².